The molecule has 2 aromatic carbocycles. The lowest BCUT2D eigenvalue weighted by Gasteiger charge is -2.20. The first-order valence-electron chi connectivity index (χ1n) is 8.50. The summed E-state index contributed by atoms with van der Waals surface area (Å²) in [6.45, 7) is 0.886. The van der Waals surface area contributed by atoms with Crippen molar-refractivity contribution < 1.29 is 18.1 Å². The monoisotopic (exact) mass is 376 g/mol. The van der Waals surface area contributed by atoms with Crippen molar-refractivity contribution in [3.8, 4) is 11.5 Å². The van der Waals surface area contributed by atoms with Crippen LogP contribution in [0.2, 0.25) is 0 Å². The van der Waals surface area contributed by atoms with Crippen LogP contribution in [-0.2, 0) is 10.0 Å². The molecule has 0 N–H and O–H groups in total. The molecule has 0 saturated carbocycles. The molecule has 0 aromatic heterocycles. The predicted octanol–water partition coefficient (Wildman–Crippen LogP) is 3.95. The summed E-state index contributed by atoms with van der Waals surface area (Å²) in [5, 5.41) is 11.4. The first-order valence-corrected chi connectivity index (χ1v) is 9.94. The Labute approximate surface area is 152 Å². The maximum Gasteiger partial charge on any atom is 0.312 e. The molecule has 0 amide bonds. The fourth-order valence-electron chi connectivity index (χ4n) is 2.93. The molecule has 0 spiro atoms. The molecule has 0 unspecified atom stereocenters. The molecule has 1 aliphatic rings. The minimum Gasteiger partial charge on any atom is -0.450 e. The predicted molar refractivity (Wildman–Crippen MR) is 96.8 cm³/mol. The fourth-order valence-corrected chi connectivity index (χ4v) is 4.47. The van der Waals surface area contributed by atoms with E-state index in [1.54, 1.807) is 30.3 Å². The van der Waals surface area contributed by atoms with Gasteiger partial charge >= 0.3 is 5.69 Å². The van der Waals surface area contributed by atoms with E-state index in [2.05, 4.69) is 0 Å². The number of hydrogen-bond donors (Lipinski definition) is 0. The summed E-state index contributed by atoms with van der Waals surface area (Å²) in [6.07, 6.45) is 3.60. The average molecular weight is 376 g/mol. The molecule has 0 atom stereocenters. The molecular formula is C18H20N2O5S. The van der Waals surface area contributed by atoms with Gasteiger partial charge in [0.15, 0.2) is 0 Å². The molecular weight excluding hydrogens is 356 g/mol. The summed E-state index contributed by atoms with van der Waals surface area (Å²) in [7, 11) is -3.76. The molecule has 26 heavy (non-hydrogen) atoms. The molecule has 1 saturated heterocycles. The number of nitro benzene ring substituents is 1. The number of rotatable bonds is 5. The second-order valence-electron chi connectivity index (χ2n) is 6.12. The van der Waals surface area contributed by atoms with Crippen molar-refractivity contribution in [2.75, 3.05) is 13.1 Å². The van der Waals surface area contributed by atoms with Gasteiger partial charge < -0.3 is 4.74 Å². The van der Waals surface area contributed by atoms with Gasteiger partial charge in [0.25, 0.3) is 0 Å². The third-order valence-electron chi connectivity index (χ3n) is 4.30. The van der Waals surface area contributed by atoms with Gasteiger partial charge in [0, 0.05) is 19.2 Å². The van der Waals surface area contributed by atoms with Crippen LogP contribution in [0.15, 0.2) is 53.4 Å². The summed E-state index contributed by atoms with van der Waals surface area (Å²) in [4.78, 5) is 10.7. The molecule has 7 nitrogen and oxygen atoms in total. The van der Waals surface area contributed by atoms with E-state index in [1.165, 1.54) is 16.4 Å². The third kappa shape index (κ3) is 4.03. The van der Waals surface area contributed by atoms with Crippen LogP contribution < -0.4 is 4.74 Å². The summed E-state index contributed by atoms with van der Waals surface area (Å²) >= 11 is 0. The van der Waals surface area contributed by atoms with Gasteiger partial charge in [0.1, 0.15) is 5.75 Å². The third-order valence-corrected chi connectivity index (χ3v) is 6.20. The SMILES string of the molecule is O=[N+]([O-])c1cc(S(=O)(=O)N2CCCCCC2)ccc1Oc1ccccc1. The second-order valence-corrected chi connectivity index (χ2v) is 8.06. The van der Waals surface area contributed by atoms with Crippen molar-refractivity contribution in [1.82, 2.24) is 4.31 Å². The van der Waals surface area contributed by atoms with Crippen LogP contribution in [-0.4, -0.2) is 30.7 Å². The molecule has 138 valence electrons. The first kappa shape index (κ1) is 18.3. The Bertz CT molecular complexity index is 876. The Kier molecular flexibility index (Phi) is 5.53. The molecule has 0 aliphatic carbocycles. The Morgan fingerprint density at radius 3 is 2.23 bits per heavy atom. The molecule has 0 bridgehead atoms. The van der Waals surface area contributed by atoms with Crippen LogP contribution in [0, 0.1) is 10.1 Å². The van der Waals surface area contributed by atoms with Crippen molar-refractivity contribution in [3.05, 3.63) is 58.6 Å². The topological polar surface area (TPSA) is 89.8 Å². The molecule has 2 aromatic rings. The van der Waals surface area contributed by atoms with Gasteiger partial charge in [-0.05, 0) is 37.1 Å². The van der Waals surface area contributed by atoms with Crippen molar-refractivity contribution >= 4 is 15.7 Å². The van der Waals surface area contributed by atoms with Crippen LogP contribution in [0.4, 0.5) is 5.69 Å². The first-order chi connectivity index (χ1) is 12.5. The minimum absolute atomic E-state index is 0.0102. The number of nitro groups is 1. The fraction of sp³-hybridized carbons (Fsp3) is 0.333. The van der Waals surface area contributed by atoms with Gasteiger partial charge in [-0.3, -0.25) is 10.1 Å². The maximum absolute atomic E-state index is 12.8. The molecule has 0 radical (unpaired) electrons. The largest absolute Gasteiger partial charge is 0.450 e. The zero-order chi connectivity index (χ0) is 18.6. The highest BCUT2D eigenvalue weighted by Crippen LogP contribution is 2.34. The van der Waals surface area contributed by atoms with Gasteiger partial charge in [0.05, 0.1) is 9.82 Å². The lowest BCUT2D eigenvalue weighted by atomic mass is 10.2. The Morgan fingerprint density at radius 1 is 0.962 bits per heavy atom. The summed E-state index contributed by atoms with van der Waals surface area (Å²) in [6, 6.07) is 12.4. The van der Waals surface area contributed by atoms with E-state index in [4.69, 9.17) is 4.74 Å². The number of para-hydroxylation sites is 1. The lowest BCUT2D eigenvalue weighted by Crippen LogP contribution is -2.31. The van der Waals surface area contributed by atoms with Crippen molar-refractivity contribution in [2.24, 2.45) is 0 Å². The van der Waals surface area contributed by atoms with Crippen molar-refractivity contribution in [1.29, 1.82) is 0 Å². The van der Waals surface area contributed by atoms with Crippen LogP contribution in [0.25, 0.3) is 0 Å². The Hall–Kier alpha value is -2.45. The lowest BCUT2D eigenvalue weighted by molar-refractivity contribution is -0.385. The van der Waals surface area contributed by atoms with E-state index in [0.717, 1.165) is 31.7 Å². The molecule has 3 rings (SSSR count). The molecule has 1 heterocycles. The minimum atomic E-state index is -3.76. The van der Waals surface area contributed by atoms with E-state index in [1.807, 2.05) is 0 Å². The summed E-state index contributed by atoms with van der Waals surface area (Å²) in [5.41, 5.74) is -0.371. The highest BCUT2D eigenvalue weighted by molar-refractivity contribution is 7.89. The molecule has 8 heteroatoms. The normalized spacial score (nSPS) is 16.0. The van der Waals surface area contributed by atoms with Crippen LogP contribution in [0.3, 0.4) is 0 Å². The molecule has 1 aliphatic heterocycles. The number of benzene rings is 2. The van der Waals surface area contributed by atoms with E-state index in [0.29, 0.717) is 18.8 Å². The van der Waals surface area contributed by atoms with Crippen molar-refractivity contribution in [2.45, 2.75) is 30.6 Å². The quantitative estimate of drug-likeness (QED) is 0.582. The summed E-state index contributed by atoms with van der Waals surface area (Å²) < 4.78 is 32.7. The summed E-state index contributed by atoms with van der Waals surface area (Å²) in [5.74, 6) is 0.453. The smallest absolute Gasteiger partial charge is 0.312 e. The van der Waals surface area contributed by atoms with Crippen LogP contribution in [0.1, 0.15) is 25.7 Å². The van der Waals surface area contributed by atoms with E-state index < -0.39 is 14.9 Å². The number of hydrogen-bond acceptors (Lipinski definition) is 5. The van der Waals surface area contributed by atoms with Gasteiger partial charge in [-0.2, -0.15) is 4.31 Å². The number of ether oxygens (including phenoxy) is 1. The zero-order valence-electron chi connectivity index (χ0n) is 14.2. The highest BCUT2D eigenvalue weighted by atomic mass is 32.2. The highest BCUT2D eigenvalue weighted by Gasteiger charge is 2.28. The van der Waals surface area contributed by atoms with Gasteiger partial charge in [-0.25, -0.2) is 8.42 Å². The zero-order valence-corrected chi connectivity index (χ0v) is 15.0. The number of nitrogens with zero attached hydrogens (tertiary/aromatic N) is 2. The van der Waals surface area contributed by atoms with Gasteiger partial charge in [-0.1, -0.05) is 31.0 Å². The van der Waals surface area contributed by atoms with Gasteiger partial charge in [0.2, 0.25) is 15.8 Å². The molecule has 1 fully saturated rings. The Balaban J connectivity index is 1.94. The second kappa shape index (κ2) is 7.84. The van der Waals surface area contributed by atoms with Crippen LogP contribution in [0.5, 0.6) is 11.5 Å². The number of sulfonamides is 1. The van der Waals surface area contributed by atoms with E-state index in [9.17, 15) is 18.5 Å². The maximum atomic E-state index is 12.8. The van der Waals surface area contributed by atoms with Gasteiger partial charge in [-0.15, -0.1) is 0 Å². The standard InChI is InChI=1S/C18H20N2O5S/c21-20(22)17-14-16(26(23,24)19-12-6-1-2-7-13-19)10-11-18(17)25-15-8-4-3-5-9-15/h3-5,8-11,14H,1-2,6-7,12-13H2. The van der Waals surface area contributed by atoms with E-state index >= 15 is 0 Å². The van der Waals surface area contributed by atoms with Crippen LogP contribution >= 0.6 is 0 Å². The Morgan fingerprint density at radius 2 is 1.62 bits per heavy atom. The van der Waals surface area contributed by atoms with E-state index in [-0.39, 0.29) is 16.3 Å². The van der Waals surface area contributed by atoms with Crippen molar-refractivity contribution in [3.63, 3.8) is 0 Å². The average Bonchev–Trinajstić information content (AvgIpc) is 2.92.